The van der Waals surface area contributed by atoms with Gasteiger partial charge in [0.15, 0.2) is 0 Å². The van der Waals surface area contributed by atoms with E-state index in [1.54, 1.807) is 0 Å². The predicted molar refractivity (Wildman–Crippen MR) is 62.0 cm³/mol. The van der Waals surface area contributed by atoms with Crippen LogP contribution in [0.3, 0.4) is 0 Å². The maximum absolute atomic E-state index is 5.19. The van der Waals surface area contributed by atoms with Crippen molar-refractivity contribution >= 4 is 0 Å². The molecule has 0 spiro atoms. The van der Waals surface area contributed by atoms with E-state index < -0.39 is 0 Å². The molecule has 0 aliphatic heterocycles. The molecular formula is C12H15N3O. The first-order valence-electron chi connectivity index (χ1n) is 5.35. The van der Waals surface area contributed by atoms with Crippen molar-refractivity contribution in [3.8, 4) is 11.4 Å². The normalized spacial score (nSPS) is 12.6. The first-order chi connectivity index (χ1) is 7.79. The van der Waals surface area contributed by atoms with Crippen LogP contribution in [0.1, 0.15) is 12.8 Å². The van der Waals surface area contributed by atoms with Gasteiger partial charge in [-0.3, -0.25) is 0 Å². The molecule has 1 aromatic carbocycles. The highest BCUT2D eigenvalue weighted by Crippen LogP contribution is 2.15. The molecule has 1 unspecified atom stereocenters. The number of aromatic nitrogens is 2. The van der Waals surface area contributed by atoms with Gasteiger partial charge in [0.25, 0.3) is 0 Å². The van der Waals surface area contributed by atoms with E-state index in [0.29, 0.717) is 17.8 Å². The Morgan fingerprint density at radius 3 is 2.75 bits per heavy atom. The first-order valence-corrected chi connectivity index (χ1v) is 5.35. The molecule has 2 rings (SSSR count). The molecule has 0 bridgehead atoms. The minimum absolute atomic E-state index is 0.337. The summed E-state index contributed by atoms with van der Waals surface area (Å²) in [5, 5.41) is 7.09. The molecular weight excluding hydrogens is 202 g/mol. The van der Waals surface area contributed by atoms with Gasteiger partial charge in [0, 0.05) is 18.0 Å². The summed E-state index contributed by atoms with van der Waals surface area (Å²) < 4.78 is 5.19. The Morgan fingerprint density at radius 1 is 1.31 bits per heavy atom. The van der Waals surface area contributed by atoms with E-state index in [1.807, 2.05) is 37.4 Å². The Hall–Kier alpha value is -1.68. The quantitative estimate of drug-likeness (QED) is 0.849. The lowest BCUT2D eigenvalue weighted by Gasteiger charge is -2.04. The number of nitrogens with zero attached hydrogens (tertiary/aromatic N) is 2. The van der Waals surface area contributed by atoms with Crippen LogP contribution in [-0.4, -0.2) is 23.2 Å². The number of hydrogen-bond acceptors (Lipinski definition) is 4. The summed E-state index contributed by atoms with van der Waals surface area (Å²) in [4.78, 5) is 4.35. The van der Waals surface area contributed by atoms with Crippen molar-refractivity contribution in [1.29, 1.82) is 0 Å². The van der Waals surface area contributed by atoms with Crippen LogP contribution in [-0.2, 0) is 6.42 Å². The van der Waals surface area contributed by atoms with Crippen LogP contribution in [0.25, 0.3) is 11.4 Å². The zero-order valence-electron chi connectivity index (χ0n) is 9.47. The molecule has 16 heavy (non-hydrogen) atoms. The van der Waals surface area contributed by atoms with Gasteiger partial charge in [0.1, 0.15) is 0 Å². The summed E-state index contributed by atoms with van der Waals surface area (Å²) in [6.07, 6.45) is 0.746. The molecule has 1 heterocycles. The van der Waals surface area contributed by atoms with Crippen LogP contribution in [0.4, 0.5) is 0 Å². The number of likely N-dealkylation sites (N-methyl/N-ethyl adjacent to an activating group) is 1. The van der Waals surface area contributed by atoms with Gasteiger partial charge >= 0.3 is 0 Å². The van der Waals surface area contributed by atoms with E-state index in [9.17, 15) is 0 Å². The Bertz CT molecular complexity index is 439. The van der Waals surface area contributed by atoms with Crippen molar-refractivity contribution in [2.45, 2.75) is 19.4 Å². The number of rotatable bonds is 4. The summed E-state index contributed by atoms with van der Waals surface area (Å²) in [6, 6.07) is 10.2. The highest BCUT2D eigenvalue weighted by Gasteiger charge is 2.10. The van der Waals surface area contributed by atoms with E-state index in [-0.39, 0.29) is 0 Å². The summed E-state index contributed by atoms with van der Waals surface area (Å²) >= 11 is 0. The van der Waals surface area contributed by atoms with Crippen LogP contribution >= 0.6 is 0 Å². The Kier molecular flexibility index (Phi) is 3.31. The van der Waals surface area contributed by atoms with Crippen molar-refractivity contribution in [1.82, 2.24) is 15.5 Å². The maximum atomic E-state index is 5.19. The third-order valence-electron chi connectivity index (χ3n) is 2.47. The molecule has 0 aliphatic carbocycles. The first kappa shape index (κ1) is 10.8. The van der Waals surface area contributed by atoms with Crippen LogP contribution < -0.4 is 5.32 Å². The second-order valence-electron chi connectivity index (χ2n) is 3.77. The second kappa shape index (κ2) is 4.90. The van der Waals surface area contributed by atoms with Crippen LogP contribution in [0.15, 0.2) is 34.9 Å². The predicted octanol–water partition coefficient (Wildman–Crippen LogP) is 1.89. The van der Waals surface area contributed by atoms with Gasteiger partial charge in [-0.15, -0.1) is 0 Å². The summed E-state index contributed by atoms with van der Waals surface area (Å²) in [5.41, 5.74) is 0.981. The lowest BCUT2D eigenvalue weighted by atomic mass is 10.2. The van der Waals surface area contributed by atoms with Crippen molar-refractivity contribution in [2.75, 3.05) is 7.05 Å². The average molecular weight is 217 g/mol. The van der Waals surface area contributed by atoms with Crippen LogP contribution in [0, 0.1) is 0 Å². The minimum Gasteiger partial charge on any atom is -0.339 e. The third-order valence-corrected chi connectivity index (χ3v) is 2.47. The molecule has 4 heteroatoms. The van der Waals surface area contributed by atoms with Gasteiger partial charge in [0.05, 0.1) is 0 Å². The molecule has 1 atom stereocenters. The monoisotopic (exact) mass is 217 g/mol. The molecule has 2 aromatic rings. The lowest BCUT2D eigenvalue weighted by Crippen LogP contribution is -2.23. The SMILES string of the molecule is CNC(C)Cc1nc(-c2ccccc2)no1. The molecule has 0 amide bonds. The third kappa shape index (κ3) is 2.46. The van der Waals surface area contributed by atoms with E-state index >= 15 is 0 Å². The van der Waals surface area contributed by atoms with E-state index in [0.717, 1.165) is 12.0 Å². The molecule has 0 aliphatic rings. The van der Waals surface area contributed by atoms with Gasteiger partial charge in [0.2, 0.25) is 11.7 Å². The fraction of sp³-hybridized carbons (Fsp3) is 0.333. The summed E-state index contributed by atoms with van der Waals surface area (Å²) in [6.45, 7) is 2.08. The number of hydrogen-bond donors (Lipinski definition) is 1. The largest absolute Gasteiger partial charge is 0.339 e. The Balaban J connectivity index is 2.14. The fourth-order valence-electron chi connectivity index (χ4n) is 1.41. The summed E-state index contributed by atoms with van der Waals surface area (Å²) in [5.74, 6) is 1.32. The van der Waals surface area contributed by atoms with Crippen molar-refractivity contribution in [3.05, 3.63) is 36.2 Å². The molecule has 1 N–H and O–H groups in total. The average Bonchev–Trinajstić information content (AvgIpc) is 2.78. The molecule has 0 saturated carbocycles. The summed E-state index contributed by atoms with van der Waals surface area (Å²) in [7, 11) is 1.92. The zero-order valence-corrected chi connectivity index (χ0v) is 9.47. The Labute approximate surface area is 94.7 Å². The fourth-order valence-corrected chi connectivity index (χ4v) is 1.41. The van der Waals surface area contributed by atoms with Crippen molar-refractivity contribution in [3.63, 3.8) is 0 Å². The smallest absolute Gasteiger partial charge is 0.228 e. The molecule has 1 aromatic heterocycles. The molecule has 84 valence electrons. The van der Waals surface area contributed by atoms with Crippen molar-refractivity contribution < 1.29 is 4.52 Å². The minimum atomic E-state index is 0.337. The standard InChI is InChI=1S/C12H15N3O/c1-9(13-2)8-11-14-12(15-16-11)10-6-4-3-5-7-10/h3-7,9,13H,8H2,1-2H3. The van der Waals surface area contributed by atoms with Gasteiger partial charge in [-0.25, -0.2) is 0 Å². The molecule has 4 nitrogen and oxygen atoms in total. The van der Waals surface area contributed by atoms with E-state index in [4.69, 9.17) is 4.52 Å². The van der Waals surface area contributed by atoms with Crippen molar-refractivity contribution in [2.24, 2.45) is 0 Å². The van der Waals surface area contributed by atoms with Crippen LogP contribution in [0.5, 0.6) is 0 Å². The number of nitrogens with one attached hydrogen (secondary N) is 1. The Morgan fingerprint density at radius 2 is 2.06 bits per heavy atom. The van der Waals surface area contributed by atoms with Gasteiger partial charge < -0.3 is 9.84 Å². The lowest BCUT2D eigenvalue weighted by molar-refractivity contribution is 0.365. The molecule has 0 radical (unpaired) electrons. The van der Waals surface area contributed by atoms with E-state index in [2.05, 4.69) is 22.4 Å². The second-order valence-corrected chi connectivity index (χ2v) is 3.77. The molecule has 0 saturated heterocycles. The topological polar surface area (TPSA) is 51.0 Å². The highest BCUT2D eigenvalue weighted by atomic mass is 16.5. The molecule has 0 fully saturated rings. The van der Waals surface area contributed by atoms with E-state index in [1.165, 1.54) is 0 Å². The van der Waals surface area contributed by atoms with Gasteiger partial charge in [-0.05, 0) is 14.0 Å². The highest BCUT2D eigenvalue weighted by molar-refractivity contribution is 5.53. The maximum Gasteiger partial charge on any atom is 0.228 e. The number of benzene rings is 1. The zero-order chi connectivity index (χ0) is 11.4. The van der Waals surface area contributed by atoms with Crippen LogP contribution in [0.2, 0.25) is 0 Å². The van der Waals surface area contributed by atoms with Gasteiger partial charge in [-0.1, -0.05) is 35.5 Å². The van der Waals surface area contributed by atoms with Gasteiger partial charge in [-0.2, -0.15) is 4.98 Å².